The van der Waals surface area contributed by atoms with Crippen LogP contribution in [0.15, 0.2) is 73.6 Å². The molecular weight excluding hydrogens is 515 g/mol. The number of aromatic nitrogens is 1. The van der Waals surface area contributed by atoms with E-state index < -0.39 is 5.63 Å². The quantitative estimate of drug-likeness (QED) is 0.174. The fourth-order valence-electron chi connectivity index (χ4n) is 3.31. The van der Waals surface area contributed by atoms with Crippen LogP contribution < -0.4 is 5.63 Å². The SMILES string of the molecule is N#C/C(=C\c1ccc(-c2ccc(Cl)c(Cl)c2)o1)c1nc(-c2cc3cc(Cl)ccc3oc2=O)cs1. The van der Waals surface area contributed by atoms with Crippen molar-refractivity contribution in [1.82, 2.24) is 4.98 Å². The minimum Gasteiger partial charge on any atom is -0.457 e. The van der Waals surface area contributed by atoms with Crippen molar-refractivity contribution >= 4 is 68.8 Å². The van der Waals surface area contributed by atoms with Gasteiger partial charge in [0.25, 0.3) is 0 Å². The number of nitrogens with zero attached hydrogens (tertiary/aromatic N) is 2. The Balaban J connectivity index is 1.48. The Bertz CT molecular complexity index is 1690. The van der Waals surface area contributed by atoms with E-state index in [4.69, 9.17) is 43.6 Å². The van der Waals surface area contributed by atoms with Crippen LogP contribution in [0.25, 0.3) is 45.2 Å². The van der Waals surface area contributed by atoms with Gasteiger partial charge in [0.2, 0.25) is 0 Å². The molecule has 0 spiro atoms. The summed E-state index contributed by atoms with van der Waals surface area (Å²) >= 11 is 19.4. The number of hydrogen-bond donors (Lipinski definition) is 0. The van der Waals surface area contributed by atoms with Crippen LogP contribution in [0.1, 0.15) is 10.8 Å². The Hall–Kier alpha value is -3.34. The van der Waals surface area contributed by atoms with Crippen molar-refractivity contribution < 1.29 is 8.83 Å². The molecular formula is C25H11Cl3N2O3S. The van der Waals surface area contributed by atoms with Crippen molar-refractivity contribution in [3.63, 3.8) is 0 Å². The van der Waals surface area contributed by atoms with Gasteiger partial charge in [0.15, 0.2) is 0 Å². The van der Waals surface area contributed by atoms with Crippen LogP contribution in [0.4, 0.5) is 0 Å². The van der Waals surface area contributed by atoms with Gasteiger partial charge in [0.05, 0.1) is 26.9 Å². The highest BCUT2D eigenvalue weighted by Crippen LogP contribution is 2.32. The number of halogens is 3. The lowest BCUT2D eigenvalue weighted by molar-refractivity contribution is 0.563. The van der Waals surface area contributed by atoms with Gasteiger partial charge < -0.3 is 8.83 Å². The Morgan fingerprint density at radius 3 is 2.65 bits per heavy atom. The van der Waals surface area contributed by atoms with Gasteiger partial charge in [-0.15, -0.1) is 11.3 Å². The van der Waals surface area contributed by atoms with E-state index in [1.807, 2.05) is 0 Å². The average Bonchev–Trinajstić information content (AvgIpc) is 3.49. The molecule has 0 aliphatic carbocycles. The number of fused-ring (bicyclic) bond motifs is 1. The second-order valence-electron chi connectivity index (χ2n) is 7.17. The lowest BCUT2D eigenvalue weighted by Crippen LogP contribution is -2.02. The second-order valence-corrected chi connectivity index (χ2v) is 9.28. The zero-order chi connectivity index (χ0) is 23.8. The molecule has 3 aromatic heterocycles. The molecule has 3 heterocycles. The summed E-state index contributed by atoms with van der Waals surface area (Å²) in [5.41, 5.74) is 1.65. The number of nitriles is 1. The number of furan rings is 1. The lowest BCUT2D eigenvalue weighted by Gasteiger charge is -2.00. The van der Waals surface area contributed by atoms with Gasteiger partial charge in [-0.1, -0.05) is 34.8 Å². The first kappa shape index (κ1) is 22.5. The molecule has 5 rings (SSSR count). The highest BCUT2D eigenvalue weighted by Gasteiger charge is 2.15. The molecule has 0 fully saturated rings. The Morgan fingerprint density at radius 2 is 1.85 bits per heavy atom. The minimum atomic E-state index is -0.522. The maximum Gasteiger partial charge on any atom is 0.345 e. The van der Waals surface area contributed by atoms with E-state index in [9.17, 15) is 10.1 Å². The van der Waals surface area contributed by atoms with Crippen molar-refractivity contribution in [2.45, 2.75) is 0 Å². The van der Waals surface area contributed by atoms with Crippen molar-refractivity contribution in [2.75, 3.05) is 0 Å². The molecule has 5 aromatic rings. The van der Waals surface area contributed by atoms with Crippen molar-refractivity contribution in [2.24, 2.45) is 0 Å². The first-order chi connectivity index (χ1) is 16.4. The maximum atomic E-state index is 12.5. The van der Waals surface area contributed by atoms with Crippen LogP contribution in [0.5, 0.6) is 0 Å². The zero-order valence-corrected chi connectivity index (χ0v) is 20.1. The van der Waals surface area contributed by atoms with E-state index in [0.29, 0.717) is 53.8 Å². The highest BCUT2D eigenvalue weighted by molar-refractivity contribution is 7.11. The van der Waals surface area contributed by atoms with Gasteiger partial charge >= 0.3 is 5.63 Å². The molecule has 0 aliphatic heterocycles. The van der Waals surface area contributed by atoms with E-state index in [0.717, 1.165) is 5.56 Å². The van der Waals surface area contributed by atoms with Gasteiger partial charge in [0, 0.05) is 27.4 Å². The molecule has 0 unspecified atom stereocenters. The number of benzene rings is 2. The lowest BCUT2D eigenvalue weighted by atomic mass is 10.1. The minimum absolute atomic E-state index is 0.287. The fraction of sp³-hybridized carbons (Fsp3) is 0. The number of hydrogen-bond acceptors (Lipinski definition) is 6. The molecule has 0 saturated carbocycles. The van der Waals surface area contributed by atoms with Crippen LogP contribution in [0.3, 0.4) is 0 Å². The maximum absolute atomic E-state index is 12.5. The Morgan fingerprint density at radius 1 is 1.00 bits per heavy atom. The Labute approximate surface area is 212 Å². The molecule has 34 heavy (non-hydrogen) atoms. The van der Waals surface area contributed by atoms with E-state index in [1.54, 1.807) is 66.1 Å². The van der Waals surface area contributed by atoms with Crippen LogP contribution >= 0.6 is 46.1 Å². The molecule has 0 saturated heterocycles. The number of allylic oxidation sites excluding steroid dienone is 1. The molecule has 2 aromatic carbocycles. The smallest absolute Gasteiger partial charge is 0.345 e. The predicted molar refractivity (Wildman–Crippen MR) is 136 cm³/mol. The highest BCUT2D eigenvalue weighted by atomic mass is 35.5. The summed E-state index contributed by atoms with van der Waals surface area (Å²) in [6, 6.07) is 17.5. The summed E-state index contributed by atoms with van der Waals surface area (Å²) in [6.45, 7) is 0. The summed E-state index contributed by atoms with van der Waals surface area (Å²) in [5.74, 6) is 1.05. The molecule has 0 atom stereocenters. The van der Waals surface area contributed by atoms with Crippen molar-refractivity contribution in [3.05, 3.63) is 96.2 Å². The topological polar surface area (TPSA) is 80.0 Å². The van der Waals surface area contributed by atoms with Gasteiger partial charge in [-0.3, -0.25) is 0 Å². The Kier molecular flexibility index (Phi) is 6.03. The monoisotopic (exact) mass is 524 g/mol. The number of rotatable bonds is 4. The summed E-state index contributed by atoms with van der Waals surface area (Å²) in [7, 11) is 0. The third-order valence-corrected chi connectivity index (χ3v) is 6.79. The van der Waals surface area contributed by atoms with Crippen LogP contribution in [0, 0.1) is 11.3 Å². The van der Waals surface area contributed by atoms with Gasteiger partial charge in [-0.25, -0.2) is 9.78 Å². The normalized spacial score (nSPS) is 11.6. The average molecular weight is 526 g/mol. The summed E-state index contributed by atoms with van der Waals surface area (Å²) < 4.78 is 11.3. The molecule has 0 aliphatic rings. The zero-order valence-electron chi connectivity index (χ0n) is 17.0. The number of thiazole rings is 1. The predicted octanol–water partition coefficient (Wildman–Crippen LogP) is 8.20. The third-order valence-electron chi connectivity index (χ3n) is 4.94. The van der Waals surface area contributed by atoms with Gasteiger partial charge in [0.1, 0.15) is 28.2 Å². The van der Waals surface area contributed by atoms with Crippen LogP contribution in [-0.2, 0) is 0 Å². The molecule has 0 bridgehead atoms. The second kappa shape index (κ2) is 9.13. The molecule has 0 radical (unpaired) electrons. The fourth-order valence-corrected chi connectivity index (χ4v) is 4.58. The van der Waals surface area contributed by atoms with Crippen LogP contribution in [0.2, 0.25) is 15.1 Å². The largest absolute Gasteiger partial charge is 0.457 e. The van der Waals surface area contributed by atoms with E-state index in [2.05, 4.69) is 11.1 Å². The first-order valence-electron chi connectivity index (χ1n) is 9.78. The standard InChI is InChI=1S/C25H11Cl3N2O3S/c26-16-2-5-23-14(7-16)9-18(25(31)33-23)21-12-34-24(30-21)15(11-29)8-17-3-6-22(32-17)13-1-4-19(27)20(28)10-13/h1-10,12H/b15-8+. The molecule has 166 valence electrons. The van der Waals surface area contributed by atoms with E-state index >= 15 is 0 Å². The molecule has 0 N–H and O–H groups in total. The van der Waals surface area contributed by atoms with Gasteiger partial charge in [-0.05, 0) is 54.6 Å². The molecule has 5 nitrogen and oxygen atoms in total. The van der Waals surface area contributed by atoms with Gasteiger partial charge in [-0.2, -0.15) is 5.26 Å². The first-order valence-corrected chi connectivity index (χ1v) is 11.8. The molecule has 9 heteroatoms. The van der Waals surface area contributed by atoms with Crippen molar-refractivity contribution in [3.8, 4) is 28.7 Å². The summed E-state index contributed by atoms with van der Waals surface area (Å²) in [5, 5.41) is 13.9. The third kappa shape index (κ3) is 4.39. The van der Waals surface area contributed by atoms with Crippen molar-refractivity contribution in [1.29, 1.82) is 5.26 Å². The van der Waals surface area contributed by atoms with Crippen LogP contribution in [-0.4, -0.2) is 4.98 Å². The summed E-state index contributed by atoms with van der Waals surface area (Å²) in [4.78, 5) is 17.0. The van der Waals surface area contributed by atoms with E-state index in [1.165, 1.54) is 11.3 Å². The van der Waals surface area contributed by atoms with E-state index in [-0.39, 0.29) is 5.56 Å². The molecule has 0 amide bonds. The summed E-state index contributed by atoms with van der Waals surface area (Å²) in [6.07, 6.45) is 1.59.